The number of rotatable bonds is 1. The van der Waals surface area contributed by atoms with E-state index in [2.05, 4.69) is 12.6 Å². The van der Waals surface area contributed by atoms with Crippen molar-refractivity contribution in [3.05, 3.63) is 23.3 Å². The highest BCUT2D eigenvalue weighted by Crippen LogP contribution is 1.91. The average Bonchev–Trinajstić information content (AvgIpc) is 1.61. The molecule has 0 spiro atoms. The SMILES string of the molecule is C/C=C\C=C(/O)S. The molecular formula is C5H8OS. The molecule has 0 aromatic heterocycles. The van der Waals surface area contributed by atoms with Gasteiger partial charge in [-0.1, -0.05) is 12.2 Å². The minimum absolute atomic E-state index is 0.0399. The molecule has 0 aliphatic rings. The first-order valence-corrected chi connectivity index (χ1v) is 2.43. The fourth-order valence-electron chi connectivity index (χ4n) is 0.182. The van der Waals surface area contributed by atoms with Crippen LogP contribution in [0.1, 0.15) is 6.92 Å². The van der Waals surface area contributed by atoms with Crippen LogP contribution < -0.4 is 0 Å². The molecule has 0 atom stereocenters. The lowest BCUT2D eigenvalue weighted by Crippen LogP contribution is -1.58. The Morgan fingerprint density at radius 2 is 2.29 bits per heavy atom. The van der Waals surface area contributed by atoms with Gasteiger partial charge in [0, 0.05) is 0 Å². The normalized spacial score (nSPS) is 13.1. The van der Waals surface area contributed by atoms with Crippen molar-refractivity contribution < 1.29 is 5.11 Å². The molecule has 7 heavy (non-hydrogen) atoms. The van der Waals surface area contributed by atoms with E-state index in [1.54, 1.807) is 6.08 Å². The van der Waals surface area contributed by atoms with E-state index in [4.69, 9.17) is 5.11 Å². The summed E-state index contributed by atoms with van der Waals surface area (Å²) >= 11 is 3.60. The number of hydrogen-bond donors (Lipinski definition) is 2. The molecule has 0 aliphatic heterocycles. The van der Waals surface area contributed by atoms with E-state index in [1.807, 2.05) is 13.0 Å². The minimum Gasteiger partial charge on any atom is -0.502 e. The van der Waals surface area contributed by atoms with E-state index >= 15 is 0 Å². The van der Waals surface area contributed by atoms with Gasteiger partial charge in [-0.05, 0) is 13.0 Å². The summed E-state index contributed by atoms with van der Waals surface area (Å²) in [5, 5.41) is 8.40. The summed E-state index contributed by atoms with van der Waals surface area (Å²) in [5.74, 6) is 0. The molecule has 0 aliphatic carbocycles. The van der Waals surface area contributed by atoms with Gasteiger partial charge in [0.2, 0.25) is 0 Å². The zero-order chi connectivity index (χ0) is 5.70. The predicted octanol–water partition coefficient (Wildman–Crippen LogP) is 1.89. The monoisotopic (exact) mass is 116 g/mol. The Hall–Kier alpha value is -0.370. The molecule has 0 fully saturated rings. The molecule has 0 amide bonds. The third-order valence-corrected chi connectivity index (χ3v) is 0.587. The molecule has 0 heterocycles. The van der Waals surface area contributed by atoms with Crippen molar-refractivity contribution in [1.82, 2.24) is 0 Å². The molecule has 0 aromatic carbocycles. The van der Waals surface area contributed by atoms with E-state index in [-0.39, 0.29) is 5.09 Å². The smallest absolute Gasteiger partial charge is 0.146 e. The minimum atomic E-state index is 0.0399. The Bertz CT molecular complexity index is 90.3. The second kappa shape index (κ2) is 3.81. The first kappa shape index (κ1) is 6.63. The molecule has 0 aromatic rings. The van der Waals surface area contributed by atoms with E-state index < -0.39 is 0 Å². The fourth-order valence-corrected chi connectivity index (χ4v) is 0.268. The van der Waals surface area contributed by atoms with Crippen molar-refractivity contribution >= 4 is 12.6 Å². The van der Waals surface area contributed by atoms with E-state index in [1.165, 1.54) is 6.08 Å². The summed E-state index contributed by atoms with van der Waals surface area (Å²) in [6, 6.07) is 0. The van der Waals surface area contributed by atoms with Crippen molar-refractivity contribution in [1.29, 1.82) is 0 Å². The number of aliphatic hydroxyl groups is 1. The molecule has 40 valence electrons. The van der Waals surface area contributed by atoms with Crippen LogP contribution in [0.15, 0.2) is 23.3 Å². The second-order valence-electron chi connectivity index (χ2n) is 1.05. The lowest BCUT2D eigenvalue weighted by Gasteiger charge is -1.77. The number of aliphatic hydroxyl groups excluding tert-OH is 1. The summed E-state index contributed by atoms with van der Waals surface area (Å²) < 4.78 is 0. The fraction of sp³-hybridized carbons (Fsp3) is 0.200. The van der Waals surface area contributed by atoms with Gasteiger partial charge >= 0.3 is 0 Å². The maximum Gasteiger partial charge on any atom is 0.146 e. The van der Waals surface area contributed by atoms with Gasteiger partial charge in [-0.2, -0.15) is 0 Å². The van der Waals surface area contributed by atoms with Gasteiger partial charge in [0.15, 0.2) is 0 Å². The molecule has 1 nitrogen and oxygen atoms in total. The highest BCUT2D eigenvalue weighted by Gasteiger charge is 1.69. The molecule has 0 saturated heterocycles. The Morgan fingerprint density at radius 3 is 2.43 bits per heavy atom. The predicted molar refractivity (Wildman–Crippen MR) is 34.5 cm³/mol. The molecule has 0 radical (unpaired) electrons. The Balaban J connectivity index is 3.46. The molecular weight excluding hydrogens is 108 g/mol. The zero-order valence-corrected chi connectivity index (χ0v) is 5.02. The third kappa shape index (κ3) is 5.63. The second-order valence-corrected chi connectivity index (χ2v) is 1.51. The van der Waals surface area contributed by atoms with Gasteiger partial charge in [-0.15, -0.1) is 12.6 Å². The topological polar surface area (TPSA) is 20.2 Å². The Labute approximate surface area is 48.8 Å². The van der Waals surface area contributed by atoms with Crippen LogP contribution in [-0.2, 0) is 0 Å². The van der Waals surface area contributed by atoms with Crippen molar-refractivity contribution in [2.24, 2.45) is 0 Å². The number of hydrogen-bond acceptors (Lipinski definition) is 2. The standard InChI is InChI=1S/C5H8OS/c1-2-3-4-5(6)7/h2-4,6-7H,1H3/b3-2-,5-4+. The summed E-state index contributed by atoms with van der Waals surface area (Å²) in [6.45, 7) is 1.87. The van der Waals surface area contributed by atoms with Gasteiger partial charge in [0.1, 0.15) is 5.09 Å². The highest BCUT2D eigenvalue weighted by molar-refractivity contribution is 7.84. The van der Waals surface area contributed by atoms with Crippen LogP contribution >= 0.6 is 12.6 Å². The maximum absolute atomic E-state index is 8.36. The quantitative estimate of drug-likeness (QED) is 0.304. The van der Waals surface area contributed by atoms with Crippen molar-refractivity contribution in [3.8, 4) is 0 Å². The highest BCUT2D eigenvalue weighted by atomic mass is 32.1. The largest absolute Gasteiger partial charge is 0.502 e. The summed E-state index contributed by atoms with van der Waals surface area (Å²) in [6.07, 6.45) is 5.03. The molecule has 0 unspecified atom stereocenters. The zero-order valence-electron chi connectivity index (χ0n) is 4.13. The number of allylic oxidation sites excluding steroid dienone is 3. The molecule has 2 heteroatoms. The van der Waals surface area contributed by atoms with E-state index in [0.29, 0.717) is 0 Å². The van der Waals surface area contributed by atoms with Crippen molar-refractivity contribution in [2.75, 3.05) is 0 Å². The van der Waals surface area contributed by atoms with Crippen LogP contribution in [0.4, 0.5) is 0 Å². The van der Waals surface area contributed by atoms with Crippen LogP contribution in [0.2, 0.25) is 0 Å². The maximum atomic E-state index is 8.36. The molecule has 0 rings (SSSR count). The van der Waals surface area contributed by atoms with Crippen LogP contribution in [0.25, 0.3) is 0 Å². The van der Waals surface area contributed by atoms with E-state index in [0.717, 1.165) is 0 Å². The van der Waals surface area contributed by atoms with Crippen LogP contribution in [-0.4, -0.2) is 5.11 Å². The lowest BCUT2D eigenvalue weighted by atomic mass is 10.5. The summed E-state index contributed by atoms with van der Waals surface area (Å²) in [5.41, 5.74) is 0. The Kier molecular flexibility index (Phi) is 3.61. The lowest BCUT2D eigenvalue weighted by molar-refractivity contribution is 0.458. The van der Waals surface area contributed by atoms with Crippen LogP contribution in [0.5, 0.6) is 0 Å². The Morgan fingerprint density at radius 1 is 1.71 bits per heavy atom. The van der Waals surface area contributed by atoms with Crippen molar-refractivity contribution in [3.63, 3.8) is 0 Å². The van der Waals surface area contributed by atoms with Crippen LogP contribution in [0, 0.1) is 0 Å². The molecule has 1 N–H and O–H groups in total. The number of thiol groups is 1. The van der Waals surface area contributed by atoms with Gasteiger partial charge in [-0.3, -0.25) is 0 Å². The van der Waals surface area contributed by atoms with Gasteiger partial charge in [0.05, 0.1) is 0 Å². The first-order valence-electron chi connectivity index (χ1n) is 1.98. The van der Waals surface area contributed by atoms with Crippen molar-refractivity contribution in [2.45, 2.75) is 6.92 Å². The molecule has 0 bridgehead atoms. The van der Waals surface area contributed by atoms with Gasteiger partial charge in [-0.25, -0.2) is 0 Å². The summed E-state index contributed by atoms with van der Waals surface area (Å²) in [7, 11) is 0. The third-order valence-electron chi connectivity index (χ3n) is 0.438. The van der Waals surface area contributed by atoms with Crippen LogP contribution in [0.3, 0.4) is 0 Å². The summed E-state index contributed by atoms with van der Waals surface area (Å²) in [4.78, 5) is 0. The van der Waals surface area contributed by atoms with Gasteiger partial charge < -0.3 is 5.11 Å². The molecule has 0 saturated carbocycles. The van der Waals surface area contributed by atoms with E-state index in [9.17, 15) is 0 Å². The average molecular weight is 116 g/mol. The van der Waals surface area contributed by atoms with Gasteiger partial charge in [0.25, 0.3) is 0 Å². The first-order chi connectivity index (χ1) is 3.27.